The van der Waals surface area contributed by atoms with E-state index in [-0.39, 0.29) is 0 Å². The number of aryl methyl sites for hydroxylation is 6. The summed E-state index contributed by atoms with van der Waals surface area (Å²) >= 11 is 11.3. The molecule has 6 aromatic carbocycles. The minimum Gasteiger partial charge on any atom is -0.144 e. The first-order valence-electron chi connectivity index (χ1n) is 22.3. The van der Waals surface area contributed by atoms with Crippen LogP contribution in [0, 0.1) is 41.5 Å². The lowest BCUT2D eigenvalue weighted by Gasteiger charge is -2.15. The highest BCUT2D eigenvalue weighted by atomic mass is 32.1. The summed E-state index contributed by atoms with van der Waals surface area (Å²) in [7, 11) is 0. The van der Waals surface area contributed by atoms with Crippen molar-refractivity contribution in [3.8, 4) is 82.2 Å². The Balaban J connectivity index is 0.878. The average Bonchev–Trinajstić information content (AvgIpc) is 4.18. The largest absolute Gasteiger partial charge is 0.144 e. The molecule has 0 atom stereocenters. The topological polar surface area (TPSA) is 0 Å². The van der Waals surface area contributed by atoms with E-state index in [9.17, 15) is 0 Å². The minimum atomic E-state index is 1.31. The Kier molecular flexibility index (Phi) is 10.5. The smallest absolute Gasteiger partial charge is 0.0449 e. The van der Waals surface area contributed by atoms with Crippen molar-refractivity contribution in [1.29, 1.82) is 0 Å². The fourth-order valence-electron chi connectivity index (χ4n) is 10.1. The van der Waals surface area contributed by atoms with Crippen molar-refractivity contribution in [2.75, 3.05) is 0 Å². The lowest BCUT2D eigenvalue weighted by Crippen LogP contribution is -1.89. The van der Waals surface area contributed by atoms with Crippen molar-refractivity contribution in [1.82, 2.24) is 0 Å². The minimum absolute atomic E-state index is 1.31. The molecule has 12 rings (SSSR count). The van der Waals surface area contributed by atoms with Gasteiger partial charge in [-0.1, -0.05) is 84.9 Å². The van der Waals surface area contributed by atoms with Crippen LogP contribution in [-0.4, -0.2) is 0 Å². The van der Waals surface area contributed by atoms with Crippen LogP contribution in [0.1, 0.15) is 33.4 Å². The van der Waals surface area contributed by atoms with Crippen LogP contribution < -0.4 is 0 Å². The van der Waals surface area contributed by atoms with Gasteiger partial charge in [0.25, 0.3) is 0 Å². The number of fused-ring (bicyclic) bond motifs is 3. The van der Waals surface area contributed by atoms with E-state index in [0.29, 0.717) is 0 Å². The molecule has 6 aromatic heterocycles. The number of rotatable bonds is 8. The van der Waals surface area contributed by atoms with E-state index in [4.69, 9.17) is 0 Å². The van der Waals surface area contributed by atoms with Gasteiger partial charge >= 0.3 is 0 Å². The molecule has 0 bridgehead atoms. The van der Waals surface area contributed by atoms with Crippen LogP contribution in [0.2, 0.25) is 0 Å². The molecule has 0 saturated carbocycles. The molecular formula is C60H44S6. The van der Waals surface area contributed by atoms with Crippen LogP contribution in [0.15, 0.2) is 156 Å². The normalized spacial score (nSPS) is 11.8. The van der Waals surface area contributed by atoms with Crippen LogP contribution in [0.5, 0.6) is 0 Å². The van der Waals surface area contributed by atoms with Gasteiger partial charge in [0, 0.05) is 48.8 Å². The molecule has 0 aliphatic rings. The molecule has 0 aliphatic carbocycles. The molecule has 6 heteroatoms. The lowest BCUT2D eigenvalue weighted by atomic mass is 9.91. The number of hydrogen-bond donors (Lipinski definition) is 0. The summed E-state index contributed by atoms with van der Waals surface area (Å²) < 4.78 is 0. The molecule has 0 fully saturated rings. The zero-order chi connectivity index (χ0) is 44.8. The summed E-state index contributed by atoms with van der Waals surface area (Å²) in [4.78, 5) is 13.1. The van der Waals surface area contributed by atoms with Crippen molar-refractivity contribution >= 4 is 100 Å². The summed E-state index contributed by atoms with van der Waals surface area (Å²) in [5.74, 6) is 0. The molecule has 0 spiro atoms. The molecule has 6 heterocycles. The highest BCUT2D eigenvalue weighted by molar-refractivity contribution is 7.26. The zero-order valence-electron chi connectivity index (χ0n) is 37.5. The van der Waals surface area contributed by atoms with Crippen molar-refractivity contribution in [3.05, 3.63) is 190 Å². The first kappa shape index (κ1) is 41.7. The van der Waals surface area contributed by atoms with Crippen LogP contribution in [0.25, 0.3) is 114 Å². The number of thiophene rings is 6. The summed E-state index contributed by atoms with van der Waals surface area (Å²) in [6, 6.07) is 55.3. The Morgan fingerprint density at radius 1 is 0.212 bits per heavy atom. The van der Waals surface area contributed by atoms with Gasteiger partial charge in [-0.2, -0.15) is 0 Å². The molecule has 12 aromatic rings. The van der Waals surface area contributed by atoms with Gasteiger partial charge in [-0.3, -0.25) is 0 Å². The van der Waals surface area contributed by atoms with E-state index in [1.165, 1.54) is 148 Å². The second-order valence-electron chi connectivity index (χ2n) is 17.4. The maximum absolute atomic E-state index is 2.35. The number of hydrogen-bond acceptors (Lipinski definition) is 6. The molecule has 0 saturated heterocycles. The Morgan fingerprint density at radius 2 is 0.424 bits per heavy atom. The van der Waals surface area contributed by atoms with Crippen LogP contribution in [0.4, 0.5) is 0 Å². The van der Waals surface area contributed by atoms with Crippen LogP contribution in [-0.2, 0) is 0 Å². The van der Waals surface area contributed by atoms with Gasteiger partial charge in [-0.05, 0) is 212 Å². The van der Waals surface area contributed by atoms with Gasteiger partial charge < -0.3 is 0 Å². The highest BCUT2D eigenvalue weighted by Gasteiger charge is 2.21. The maximum atomic E-state index is 2.35. The molecular weight excluding hydrogens is 913 g/mol. The first-order valence-corrected chi connectivity index (χ1v) is 27.3. The Hall–Kier alpha value is -5.70. The Labute approximate surface area is 410 Å². The average molecular weight is 957 g/mol. The third-order valence-corrected chi connectivity index (χ3v) is 19.9. The van der Waals surface area contributed by atoms with Crippen LogP contribution >= 0.6 is 68.0 Å². The monoisotopic (exact) mass is 956 g/mol. The SMILES string of the molecule is Cc1ccc(-c2ccc(-c3ccc(-c4ccc(C)c5c(-c6ccc(-c7ccc(-c8ccc(C)c9c(-c%10cccs%10)ccc(C)c89)s7)s6)ccc(C)c45)s3)s2)c2c(C)ccc(-c3cccs3)c12. The van der Waals surface area contributed by atoms with E-state index in [2.05, 4.69) is 198 Å². The molecule has 0 amide bonds. The molecule has 0 unspecified atom stereocenters. The first-order chi connectivity index (χ1) is 32.2. The molecule has 320 valence electrons. The van der Waals surface area contributed by atoms with E-state index >= 15 is 0 Å². The highest BCUT2D eigenvalue weighted by Crippen LogP contribution is 2.49. The van der Waals surface area contributed by atoms with Crippen molar-refractivity contribution in [2.24, 2.45) is 0 Å². The van der Waals surface area contributed by atoms with Gasteiger partial charge in [0.15, 0.2) is 0 Å². The summed E-state index contributed by atoms with van der Waals surface area (Å²) in [5.41, 5.74) is 15.8. The van der Waals surface area contributed by atoms with Gasteiger partial charge in [-0.25, -0.2) is 0 Å². The summed E-state index contributed by atoms with van der Waals surface area (Å²) in [6.07, 6.45) is 0. The van der Waals surface area contributed by atoms with Gasteiger partial charge in [0.2, 0.25) is 0 Å². The van der Waals surface area contributed by atoms with Crippen molar-refractivity contribution in [3.63, 3.8) is 0 Å². The fourth-order valence-corrected chi connectivity index (χ4v) is 15.9. The second kappa shape index (κ2) is 16.6. The van der Waals surface area contributed by atoms with E-state index < -0.39 is 0 Å². The van der Waals surface area contributed by atoms with Gasteiger partial charge in [0.1, 0.15) is 0 Å². The van der Waals surface area contributed by atoms with Crippen LogP contribution in [0.3, 0.4) is 0 Å². The fraction of sp³-hybridized carbons (Fsp3) is 0.100. The van der Waals surface area contributed by atoms with Gasteiger partial charge in [-0.15, -0.1) is 68.0 Å². The quantitative estimate of drug-likeness (QED) is 0.142. The third kappa shape index (κ3) is 6.92. The molecule has 0 radical (unpaired) electrons. The van der Waals surface area contributed by atoms with Crippen molar-refractivity contribution in [2.45, 2.75) is 41.5 Å². The van der Waals surface area contributed by atoms with Gasteiger partial charge in [0.05, 0.1) is 0 Å². The van der Waals surface area contributed by atoms with E-state index in [1.807, 2.05) is 68.0 Å². The summed E-state index contributed by atoms with van der Waals surface area (Å²) in [5, 5.41) is 12.5. The molecule has 0 aliphatic heterocycles. The zero-order valence-corrected chi connectivity index (χ0v) is 42.4. The van der Waals surface area contributed by atoms with Crippen molar-refractivity contribution < 1.29 is 0 Å². The Morgan fingerprint density at radius 3 is 0.636 bits per heavy atom. The summed E-state index contributed by atoms with van der Waals surface area (Å²) in [6.45, 7) is 13.6. The third-order valence-electron chi connectivity index (χ3n) is 13.3. The number of benzene rings is 6. The lowest BCUT2D eigenvalue weighted by molar-refractivity contribution is 1.48. The molecule has 0 N–H and O–H groups in total. The molecule has 66 heavy (non-hydrogen) atoms. The predicted octanol–water partition coefficient (Wildman–Crippen LogP) is 20.7. The van der Waals surface area contributed by atoms with E-state index in [0.717, 1.165) is 0 Å². The second-order valence-corrected chi connectivity index (χ2v) is 23.7. The standard InChI is InChI=1S/C60H44S6/c1-33-13-19-41(57-35(3)11-17-39(55(33)57)45-9-7-31-61-45)47-23-27-51(63-47)53-29-25-49(65-53)43-21-15-38(6)60-44(22-16-37(5)59(43)60)50-26-30-54(66-50)52-28-24-48(64-52)42-20-14-34(2)56-40(46-10-8-32-62-46)18-12-36(4)58(42)56/h7-32H,1-6H3. The Bertz CT molecular complexity index is 3570. The predicted molar refractivity (Wildman–Crippen MR) is 298 cm³/mol. The maximum Gasteiger partial charge on any atom is 0.0449 e. The molecule has 0 nitrogen and oxygen atoms in total. The van der Waals surface area contributed by atoms with E-state index in [1.54, 1.807) is 0 Å².